The van der Waals surface area contributed by atoms with E-state index in [1.165, 1.54) is 37.2 Å². The Balaban J connectivity index is 1.88. The van der Waals surface area contributed by atoms with Gasteiger partial charge in [-0.3, -0.25) is 0 Å². The molecular formula is C15H22N2O. The standard InChI is InChI=1S/C15H22N2O/c1-17-10-14(11-5-7-16-8-6-11)13-4-3-12(18-2)9-15(13)17/h3-4,9,11,14,16H,5-8,10H2,1-2H3. The van der Waals surface area contributed by atoms with E-state index in [0.717, 1.165) is 18.2 Å². The molecule has 0 saturated carbocycles. The zero-order valence-corrected chi connectivity index (χ0v) is 11.3. The van der Waals surface area contributed by atoms with E-state index in [-0.39, 0.29) is 0 Å². The summed E-state index contributed by atoms with van der Waals surface area (Å²) in [4.78, 5) is 2.38. The molecule has 1 atom stereocenters. The molecule has 98 valence electrons. The number of rotatable bonds is 2. The number of benzene rings is 1. The maximum atomic E-state index is 5.33. The summed E-state index contributed by atoms with van der Waals surface area (Å²) in [7, 11) is 3.93. The molecule has 0 spiro atoms. The first-order chi connectivity index (χ1) is 8.79. The molecule has 1 saturated heterocycles. The van der Waals surface area contributed by atoms with Gasteiger partial charge in [-0.1, -0.05) is 6.07 Å². The average Bonchev–Trinajstić information content (AvgIpc) is 2.77. The van der Waals surface area contributed by atoms with Crippen LogP contribution < -0.4 is 15.0 Å². The van der Waals surface area contributed by atoms with Gasteiger partial charge in [0.15, 0.2) is 0 Å². The van der Waals surface area contributed by atoms with Crippen LogP contribution in [0.15, 0.2) is 18.2 Å². The number of nitrogens with zero attached hydrogens (tertiary/aromatic N) is 1. The third-order valence-corrected chi connectivity index (χ3v) is 4.47. The molecule has 0 amide bonds. The van der Waals surface area contributed by atoms with E-state index in [1.54, 1.807) is 7.11 Å². The summed E-state index contributed by atoms with van der Waals surface area (Å²) in [6.45, 7) is 3.51. The van der Waals surface area contributed by atoms with Crippen LogP contribution in [0.25, 0.3) is 0 Å². The molecular weight excluding hydrogens is 224 g/mol. The van der Waals surface area contributed by atoms with Crippen molar-refractivity contribution < 1.29 is 4.74 Å². The lowest BCUT2D eigenvalue weighted by atomic mass is 9.81. The molecule has 1 N–H and O–H groups in total. The Labute approximate surface area is 109 Å². The number of piperidine rings is 1. The van der Waals surface area contributed by atoms with Gasteiger partial charge < -0.3 is 15.0 Å². The van der Waals surface area contributed by atoms with Crippen LogP contribution in [0.3, 0.4) is 0 Å². The maximum absolute atomic E-state index is 5.33. The maximum Gasteiger partial charge on any atom is 0.120 e. The molecule has 1 unspecified atom stereocenters. The molecule has 2 aliphatic rings. The first kappa shape index (κ1) is 11.8. The predicted molar refractivity (Wildman–Crippen MR) is 74.6 cm³/mol. The first-order valence-corrected chi connectivity index (χ1v) is 6.89. The molecule has 3 nitrogen and oxygen atoms in total. The van der Waals surface area contributed by atoms with Crippen molar-refractivity contribution in [2.24, 2.45) is 5.92 Å². The van der Waals surface area contributed by atoms with Crippen molar-refractivity contribution in [2.75, 3.05) is 38.7 Å². The average molecular weight is 246 g/mol. The number of methoxy groups -OCH3 is 1. The Morgan fingerprint density at radius 1 is 1.28 bits per heavy atom. The van der Waals surface area contributed by atoms with Crippen molar-refractivity contribution in [3.8, 4) is 5.75 Å². The molecule has 0 radical (unpaired) electrons. The predicted octanol–water partition coefficient (Wildman–Crippen LogP) is 2.23. The second-order valence-corrected chi connectivity index (χ2v) is 5.50. The minimum Gasteiger partial charge on any atom is -0.497 e. The SMILES string of the molecule is COc1ccc2c(c1)N(C)CC2C1CCNCC1. The van der Waals surface area contributed by atoms with E-state index in [4.69, 9.17) is 4.74 Å². The quantitative estimate of drug-likeness (QED) is 0.866. The molecule has 0 bridgehead atoms. The number of ether oxygens (including phenoxy) is 1. The van der Waals surface area contributed by atoms with Crippen molar-refractivity contribution in [1.29, 1.82) is 0 Å². The smallest absolute Gasteiger partial charge is 0.120 e. The molecule has 2 aliphatic heterocycles. The zero-order valence-electron chi connectivity index (χ0n) is 11.3. The van der Waals surface area contributed by atoms with E-state index in [1.807, 2.05) is 0 Å². The summed E-state index contributed by atoms with van der Waals surface area (Å²) in [5.74, 6) is 2.51. The van der Waals surface area contributed by atoms with E-state index in [0.29, 0.717) is 5.92 Å². The van der Waals surface area contributed by atoms with Crippen LogP contribution in [-0.2, 0) is 0 Å². The van der Waals surface area contributed by atoms with Crippen LogP contribution in [0.4, 0.5) is 5.69 Å². The summed E-state index contributed by atoms with van der Waals surface area (Å²) in [5, 5.41) is 3.46. The third-order valence-electron chi connectivity index (χ3n) is 4.47. The Bertz CT molecular complexity index is 427. The summed E-state index contributed by atoms with van der Waals surface area (Å²) in [6, 6.07) is 6.55. The number of hydrogen-bond donors (Lipinski definition) is 1. The minimum atomic E-state index is 0.706. The fourth-order valence-corrected chi connectivity index (χ4v) is 3.44. The summed E-state index contributed by atoms with van der Waals surface area (Å²) < 4.78 is 5.33. The van der Waals surface area contributed by atoms with Gasteiger partial charge in [0.25, 0.3) is 0 Å². The molecule has 1 aromatic carbocycles. The van der Waals surface area contributed by atoms with Gasteiger partial charge in [-0.2, -0.15) is 0 Å². The Morgan fingerprint density at radius 2 is 2.06 bits per heavy atom. The van der Waals surface area contributed by atoms with Gasteiger partial charge in [-0.15, -0.1) is 0 Å². The number of anilines is 1. The zero-order chi connectivity index (χ0) is 12.5. The van der Waals surface area contributed by atoms with E-state index in [2.05, 4.69) is 35.5 Å². The van der Waals surface area contributed by atoms with Crippen LogP contribution in [0.5, 0.6) is 5.75 Å². The van der Waals surface area contributed by atoms with Gasteiger partial charge in [0.2, 0.25) is 0 Å². The highest BCUT2D eigenvalue weighted by Gasteiger charge is 2.33. The van der Waals surface area contributed by atoms with E-state index >= 15 is 0 Å². The Hall–Kier alpha value is -1.22. The van der Waals surface area contributed by atoms with Crippen molar-refractivity contribution in [2.45, 2.75) is 18.8 Å². The number of hydrogen-bond acceptors (Lipinski definition) is 3. The topological polar surface area (TPSA) is 24.5 Å². The van der Waals surface area contributed by atoms with E-state index < -0.39 is 0 Å². The van der Waals surface area contributed by atoms with Gasteiger partial charge in [0, 0.05) is 31.3 Å². The molecule has 1 aromatic rings. The second kappa shape index (κ2) is 4.81. The van der Waals surface area contributed by atoms with Gasteiger partial charge >= 0.3 is 0 Å². The lowest BCUT2D eigenvalue weighted by molar-refractivity contribution is 0.327. The van der Waals surface area contributed by atoms with Crippen LogP contribution in [0, 0.1) is 5.92 Å². The first-order valence-electron chi connectivity index (χ1n) is 6.89. The molecule has 18 heavy (non-hydrogen) atoms. The monoisotopic (exact) mass is 246 g/mol. The van der Waals surface area contributed by atoms with Crippen LogP contribution in [0.2, 0.25) is 0 Å². The molecule has 0 aliphatic carbocycles. The number of nitrogens with one attached hydrogen (secondary N) is 1. The molecule has 3 rings (SSSR count). The van der Waals surface area contributed by atoms with Gasteiger partial charge in [-0.05, 0) is 43.5 Å². The normalized spacial score (nSPS) is 24.1. The molecule has 0 aromatic heterocycles. The summed E-state index contributed by atoms with van der Waals surface area (Å²) in [6.07, 6.45) is 2.62. The van der Waals surface area contributed by atoms with Crippen molar-refractivity contribution >= 4 is 5.69 Å². The van der Waals surface area contributed by atoms with Gasteiger partial charge in [-0.25, -0.2) is 0 Å². The number of likely N-dealkylation sites (N-methyl/N-ethyl adjacent to an activating group) is 1. The molecule has 2 heterocycles. The number of fused-ring (bicyclic) bond motifs is 1. The van der Waals surface area contributed by atoms with E-state index in [9.17, 15) is 0 Å². The van der Waals surface area contributed by atoms with Crippen molar-refractivity contribution in [1.82, 2.24) is 5.32 Å². The highest BCUT2D eigenvalue weighted by molar-refractivity contribution is 5.62. The second-order valence-electron chi connectivity index (χ2n) is 5.50. The van der Waals surface area contributed by atoms with Crippen molar-refractivity contribution in [3.63, 3.8) is 0 Å². The lowest BCUT2D eigenvalue weighted by Crippen LogP contribution is -2.32. The lowest BCUT2D eigenvalue weighted by Gasteiger charge is -2.28. The van der Waals surface area contributed by atoms with Gasteiger partial charge in [0.05, 0.1) is 7.11 Å². The Morgan fingerprint density at radius 3 is 2.78 bits per heavy atom. The third kappa shape index (κ3) is 1.97. The Kier molecular flexibility index (Phi) is 3.16. The van der Waals surface area contributed by atoms with Crippen LogP contribution in [-0.4, -0.2) is 33.8 Å². The molecule has 3 heteroatoms. The molecule has 1 fully saturated rings. The van der Waals surface area contributed by atoms with Crippen molar-refractivity contribution in [3.05, 3.63) is 23.8 Å². The van der Waals surface area contributed by atoms with Crippen LogP contribution >= 0.6 is 0 Å². The summed E-state index contributed by atoms with van der Waals surface area (Å²) >= 11 is 0. The highest BCUT2D eigenvalue weighted by atomic mass is 16.5. The fraction of sp³-hybridized carbons (Fsp3) is 0.600. The highest BCUT2D eigenvalue weighted by Crippen LogP contribution is 2.43. The minimum absolute atomic E-state index is 0.706. The van der Waals surface area contributed by atoms with Gasteiger partial charge in [0.1, 0.15) is 5.75 Å². The largest absolute Gasteiger partial charge is 0.497 e. The van der Waals surface area contributed by atoms with Crippen LogP contribution in [0.1, 0.15) is 24.3 Å². The summed E-state index contributed by atoms with van der Waals surface area (Å²) in [5.41, 5.74) is 2.88. The fourth-order valence-electron chi connectivity index (χ4n) is 3.44.